The molecule has 2 aromatic rings. The van der Waals surface area contributed by atoms with Crippen molar-refractivity contribution in [1.82, 2.24) is 9.80 Å². The number of nitro benzene ring substituents is 1. The highest BCUT2D eigenvalue weighted by Crippen LogP contribution is 2.33. The lowest BCUT2D eigenvalue weighted by Crippen LogP contribution is -2.48. The number of rotatable bonds is 14. The van der Waals surface area contributed by atoms with Gasteiger partial charge in [0.15, 0.2) is 0 Å². The Hall–Kier alpha value is -3.24. The third-order valence-corrected chi connectivity index (χ3v) is 9.63. The van der Waals surface area contributed by atoms with Gasteiger partial charge in [-0.2, -0.15) is 0 Å². The third-order valence-electron chi connectivity index (χ3n) is 7.92. The fourth-order valence-corrected chi connectivity index (χ4v) is 6.14. The van der Waals surface area contributed by atoms with Crippen LogP contribution in [0.5, 0.6) is 0 Å². The highest BCUT2D eigenvalue weighted by molar-refractivity contribution is 7.91. The molecule has 1 amide bonds. The molecule has 0 bridgehead atoms. The van der Waals surface area contributed by atoms with Crippen LogP contribution in [0.2, 0.25) is 0 Å². The Balaban J connectivity index is 1.55. The van der Waals surface area contributed by atoms with E-state index in [0.717, 1.165) is 44.5 Å². The van der Waals surface area contributed by atoms with E-state index in [-0.39, 0.29) is 35.3 Å². The van der Waals surface area contributed by atoms with Crippen molar-refractivity contribution in [2.24, 2.45) is 0 Å². The summed E-state index contributed by atoms with van der Waals surface area (Å²) < 4.78 is 30.1. The maximum atomic E-state index is 12.9. The van der Waals surface area contributed by atoms with Crippen LogP contribution in [0.4, 0.5) is 10.5 Å². The molecule has 218 valence electrons. The maximum Gasteiger partial charge on any atom is 0.410 e. The van der Waals surface area contributed by atoms with E-state index in [1.807, 2.05) is 18.2 Å². The number of piperidine rings is 1. The number of carbonyl (C=O) groups is 1. The molecule has 1 aliphatic heterocycles. The van der Waals surface area contributed by atoms with Crippen LogP contribution in [-0.4, -0.2) is 73.0 Å². The van der Waals surface area contributed by atoms with Gasteiger partial charge in [-0.25, -0.2) is 13.2 Å². The summed E-state index contributed by atoms with van der Waals surface area (Å²) in [6.45, 7) is 10.6. The van der Waals surface area contributed by atoms with Gasteiger partial charge in [0.2, 0.25) is 0 Å². The fourth-order valence-electron chi connectivity index (χ4n) is 5.09. The first-order valence-corrected chi connectivity index (χ1v) is 15.6. The Morgan fingerprint density at radius 3 is 2.38 bits per heavy atom. The Morgan fingerprint density at radius 2 is 1.80 bits per heavy atom. The van der Waals surface area contributed by atoms with E-state index in [2.05, 4.69) is 30.5 Å². The minimum absolute atomic E-state index is 0.00908. The van der Waals surface area contributed by atoms with Gasteiger partial charge >= 0.3 is 6.09 Å². The molecule has 0 saturated carbocycles. The number of sulfone groups is 1. The van der Waals surface area contributed by atoms with E-state index >= 15 is 0 Å². The lowest BCUT2D eigenvalue weighted by Gasteiger charge is -2.39. The zero-order valence-corrected chi connectivity index (χ0v) is 24.4. The van der Waals surface area contributed by atoms with Gasteiger partial charge in [0.25, 0.3) is 5.69 Å². The minimum atomic E-state index is -3.06. The van der Waals surface area contributed by atoms with Crippen molar-refractivity contribution in [2.45, 2.75) is 57.6 Å². The van der Waals surface area contributed by atoms with Gasteiger partial charge in [0.1, 0.15) is 16.4 Å². The van der Waals surface area contributed by atoms with E-state index in [9.17, 15) is 23.3 Å². The smallest absolute Gasteiger partial charge is 0.410 e. The topological polar surface area (TPSA) is 110 Å². The molecule has 1 atom stereocenters. The Morgan fingerprint density at radius 1 is 1.15 bits per heavy atom. The van der Waals surface area contributed by atoms with Crippen molar-refractivity contribution in [1.29, 1.82) is 0 Å². The molecule has 9 nitrogen and oxygen atoms in total. The summed E-state index contributed by atoms with van der Waals surface area (Å²) in [7, 11) is -3.06. The molecule has 1 saturated heterocycles. The number of ether oxygens (including phenoxy) is 1. The van der Waals surface area contributed by atoms with Crippen LogP contribution < -0.4 is 0 Å². The SMILES string of the molecule is C=CCN(C(=O)OCc1ccc([N+](=O)[O-])cc1)C1CCN(CCC(C)(CCS(=O)(=O)CC)c2ccccc2)CC1. The van der Waals surface area contributed by atoms with Crippen LogP contribution in [0.25, 0.3) is 0 Å². The molecule has 1 fully saturated rings. The predicted octanol–water partition coefficient (Wildman–Crippen LogP) is 5.36. The first-order chi connectivity index (χ1) is 19.1. The normalized spacial score (nSPS) is 16.1. The summed E-state index contributed by atoms with van der Waals surface area (Å²) in [4.78, 5) is 27.4. The summed E-state index contributed by atoms with van der Waals surface area (Å²) in [5.74, 6) is 0.332. The summed E-state index contributed by atoms with van der Waals surface area (Å²) in [5.41, 5.74) is 1.58. The van der Waals surface area contributed by atoms with Crippen molar-refractivity contribution in [3.63, 3.8) is 0 Å². The number of likely N-dealkylation sites (tertiary alicyclic amines) is 1. The van der Waals surface area contributed by atoms with Crippen molar-refractivity contribution >= 4 is 21.6 Å². The lowest BCUT2D eigenvalue weighted by molar-refractivity contribution is -0.384. The molecule has 2 aromatic carbocycles. The molecule has 0 aromatic heterocycles. The van der Waals surface area contributed by atoms with Gasteiger partial charge in [-0.15, -0.1) is 6.58 Å². The van der Waals surface area contributed by atoms with Crippen LogP contribution in [0.15, 0.2) is 67.3 Å². The fraction of sp³-hybridized carbons (Fsp3) is 0.500. The number of hydrogen-bond donors (Lipinski definition) is 0. The third kappa shape index (κ3) is 8.89. The number of nitrogens with zero attached hydrogens (tertiary/aromatic N) is 3. The van der Waals surface area contributed by atoms with Gasteiger partial charge in [-0.05, 0) is 60.9 Å². The Bertz CT molecular complexity index is 1230. The molecule has 0 aliphatic carbocycles. The highest BCUT2D eigenvalue weighted by atomic mass is 32.2. The molecule has 0 radical (unpaired) electrons. The summed E-state index contributed by atoms with van der Waals surface area (Å²) in [5, 5.41) is 10.8. The molecule has 10 heteroatoms. The predicted molar refractivity (Wildman–Crippen MR) is 157 cm³/mol. The van der Waals surface area contributed by atoms with Crippen molar-refractivity contribution < 1.29 is 22.9 Å². The van der Waals surface area contributed by atoms with E-state index in [1.54, 1.807) is 30.0 Å². The second-order valence-electron chi connectivity index (χ2n) is 10.7. The standard InChI is InChI=1S/C30H41N3O6S/c1-4-19-32(29(34)39-24-25-11-13-28(14-12-25)33(35)36)27-15-20-31(21-16-27)22-17-30(3,18-23-40(37,38)5-2)26-9-7-6-8-10-26/h4,6-14,27H,1,5,15-24H2,2-3H3. The number of amides is 1. The minimum Gasteiger partial charge on any atom is -0.445 e. The maximum absolute atomic E-state index is 12.9. The van der Waals surface area contributed by atoms with Crippen molar-refractivity contribution in [3.05, 3.63) is 88.5 Å². The molecule has 0 spiro atoms. The van der Waals surface area contributed by atoms with Crippen LogP contribution in [0.1, 0.15) is 50.7 Å². The lowest BCUT2D eigenvalue weighted by atomic mass is 9.77. The van der Waals surface area contributed by atoms with Gasteiger partial charge < -0.3 is 14.5 Å². The number of hydrogen-bond acceptors (Lipinski definition) is 7. The van der Waals surface area contributed by atoms with Crippen molar-refractivity contribution in [3.8, 4) is 0 Å². The summed E-state index contributed by atoms with van der Waals surface area (Å²) in [6, 6.07) is 16.1. The molecule has 1 unspecified atom stereocenters. The van der Waals surface area contributed by atoms with Crippen LogP contribution in [-0.2, 0) is 26.6 Å². The van der Waals surface area contributed by atoms with Crippen LogP contribution in [0, 0.1) is 10.1 Å². The van der Waals surface area contributed by atoms with Crippen molar-refractivity contribution in [2.75, 3.05) is 37.7 Å². The van der Waals surface area contributed by atoms with E-state index in [1.165, 1.54) is 12.1 Å². The first-order valence-electron chi connectivity index (χ1n) is 13.8. The largest absolute Gasteiger partial charge is 0.445 e. The van der Waals surface area contributed by atoms with E-state index in [4.69, 9.17) is 4.74 Å². The molecule has 1 heterocycles. The molecule has 1 aliphatic rings. The van der Waals surface area contributed by atoms with Gasteiger partial charge in [0.05, 0.1) is 10.7 Å². The summed E-state index contributed by atoms with van der Waals surface area (Å²) >= 11 is 0. The quantitative estimate of drug-likeness (QED) is 0.171. The average Bonchev–Trinajstić information content (AvgIpc) is 2.97. The second kappa shape index (κ2) is 14.4. The molecular weight excluding hydrogens is 530 g/mol. The average molecular weight is 572 g/mol. The van der Waals surface area contributed by atoms with Gasteiger partial charge in [-0.3, -0.25) is 10.1 Å². The Labute approximate surface area is 237 Å². The van der Waals surface area contributed by atoms with E-state index < -0.39 is 20.9 Å². The molecule has 40 heavy (non-hydrogen) atoms. The highest BCUT2D eigenvalue weighted by Gasteiger charge is 2.32. The van der Waals surface area contributed by atoms with E-state index in [0.29, 0.717) is 18.5 Å². The second-order valence-corrected chi connectivity index (χ2v) is 13.1. The van der Waals surface area contributed by atoms with Gasteiger partial charge in [0, 0.05) is 43.6 Å². The molecule has 3 rings (SSSR count). The first kappa shape index (κ1) is 31.3. The Kier molecular flexibility index (Phi) is 11.3. The zero-order chi connectivity index (χ0) is 29.2. The molecular formula is C30H41N3O6S. The number of nitro groups is 1. The zero-order valence-electron chi connectivity index (χ0n) is 23.5. The number of benzene rings is 2. The number of non-ortho nitro benzene ring substituents is 1. The monoisotopic (exact) mass is 571 g/mol. The molecule has 0 N–H and O–H groups in total. The number of carbonyl (C=O) groups excluding carboxylic acids is 1. The van der Waals surface area contributed by atoms with Gasteiger partial charge in [-0.1, -0.05) is 50.3 Å². The summed E-state index contributed by atoms with van der Waals surface area (Å²) in [6.07, 6.45) is 4.28. The van der Waals surface area contributed by atoms with Crippen LogP contribution in [0.3, 0.4) is 0 Å². The van der Waals surface area contributed by atoms with Crippen LogP contribution >= 0.6 is 0 Å².